The van der Waals surface area contributed by atoms with E-state index in [9.17, 15) is 38.0 Å². The summed E-state index contributed by atoms with van der Waals surface area (Å²) in [6.07, 6.45) is -4.39. The van der Waals surface area contributed by atoms with Crippen molar-refractivity contribution in [3.8, 4) is 0 Å². The average molecular weight is 516 g/mol. The topological polar surface area (TPSA) is 227 Å². The number of ether oxygens (including phenoxy) is 1. The minimum Gasteiger partial charge on any atom is -0.387 e. The maximum absolute atomic E-state index is 15.0. The van der Waals surface area contributed by atoms with E-state index in [0.29, 0.717) is 4.57 Å². The molecule has 1 fully saturated rings. The van der Waals surface area contributed by atoms with Crippen LogP contribution >= 0.6 is 22.4 Å². The van der Waals surface area contributed by atoms with E-state index in [1.54, 1.807) is 0 Å². The number of halogens is 1. The van der Waals surface area contributed by atoms with Gasteiger partial charge in [0.05, 0.1) is 6.61 Å². The van der Waals surface area contributed by atoms with Gasteiger partial charge in [0.25, 0.3) is 5.56 Å². The first-order valence-electron chi connectivity index (χ1n) is 7.56. The summed E-state index contributed by atoms with van der Waals surface area (Å²) < 4.78 is 55.0. The van der Waals surface area contributed by atoms with Crippen LogP contribution in [0.15, 0.2) is 21.9 Å². The Morgan fingerprint density at radius 2 is 1.90 bits per heavy atom. The van der Waals surface area contributed by atoms with Gasteiger partial charge in [-0.15, -0.1) is 0 Å². The number of hydrogen-bond acceptors (Lipinski definition) is 10. The van der Waals surface area contributed by atoms with Gasteiger partial charge in [0.2, 0.25) is 0 Å². The zero-order valence-corrected chi connectivity index (χ0v) is 18.2. The molecule has 2 rings (SSSR count). The Morgan fingerprint density at radius 3 is 2.43 bits per heavy atom. The summed E-state index contributed by atoms with van der Waals surface area (Å²) >= 11 is 4.40. The van der Waals surface area contributed by atoms with Gasteiger partial charge in [0.15, 0.2) is 11.9 Å². The lowest BCUT2D eigenvalue weighted by molar-refractivity contribution is -0.0593. The normalized spacial score (nSPS) is 31.2. The van der Waals surface area contributed by atoms with Crippen LogP contribution in [-0.2, 0) is 38.8 Å². The largest absolute Gasteiger partial charge is 0.488 e. The van der Waals surface area contributed by atoms with Gasteiger partial charge in [-0.2, -0.15) is 4.31 Å². The van der Waals surface area contributed by atoms with Crippen molar-refractivity contribution < 1.29 is 56.1 Å². The summed E-state index contributed by atoms with van der Waals surface area (Å²) in [6, 6.07) is 0.901. The predicted octanol–water partition coefficient (Wildman–Crippen LogP) is -1.02. The molecule has 1 saturated heterocycles. The molecule has 0 bridgehead atoms. The molecule has 0 amide bonds. The van der Waals surface area contributed by atoms with E-state index in [4.69, 9.17) is 14.5 Å². The second-order valence-electron chi connectivity index (χ2n) is 6.03. The Bertz CT molecular complexity index is 1050. The molecule has 1 aromatic rings. The highest BCUT2D eigenvalue weighted by Gasteiger charge is 2.55. The molecular weight excluding hydrogens is 500 g/mol. The minimum atomic E-state index is -5.56. The number of aliphatic hydroxyl groups excluding tert-OH is 1. The van der Waals surface area contributed by atoms with Gasteiger partial charge in [-0.1, -0.05) is 0 Å². The lowest BCUT2D eigenvalue weighted by Crippen LogP contribution is -2.43. The summed E-state index contributed by atoms with van der Waals surface area (Å²) in [7, 11) is -11.1. The molecule has 2 heterocycles. The molecule has 2 unspecified atom stereocenters. The second-order valence-corrected chi connectivity index (χ2v) is 11.8. The maximum Gasteiger partial charge on any atom is 0.488 e. The smallest absolute Gasteiger partial charge is 0.387 e. The zero-order valence-electron chi connectivity index (χ0n) is 14.7. The Balaban J connectivity index is 2.13. The van der Waals surface area contributed by atoms with Crippen LogP contribution in [0.25, 0.3) is 0 Å². The Morgan fingerprint density at radius 1 is 1.30 bits per heavy atom. The Hall–Kier alpha value is -0.640. The van der Waals surface area contributed by atoms with Crippen LogP contribution in [-0.4, -0.2) is 58.7 Å². The van der Waals surface area contributed by atoms with Gasteiger partial charge in [0, 0.05) is 12.3 Å². The number of hydrogen-bond donors (Lipinski definition) is 6. The highest BCUT2D eigenvalue weighted by molar-refractivity contribution is 8.08. The molecule has 0 saturated carbocycles. The molecule has 0 spiro atoms. The lowest BCUT2D eigenvalue weighted by Gasteiger charge is -2.24. The molecule has 6 atom stereocenters. The number of rotatable bonds is 8. The number of aromatic nitrogens is 2. The first kappa shape index (κ1) is 25.6. The molecular formula is C10H16FN2O13P3S. The van der Waals surface area contributed by atoms with Gasteiger partial charge >= 0.3 is 28.1 Å². The summed E-state index contributed by atoms with van der Waals surface area (Å²) in [5.41, 5.74) is -4.42. The van der Waals surface area contributed by atoms with Gasteiger partial charge in [-0.25, -0.2) is 22.6 Å². The van der Waals surface area contributed by atoms with Crippen LogP contribution in [0.4, 0.5) is 4.39 Å². The molecule has 6 N–H and O–H groups in total. The van der Waals surface area contributed by atoms with Gasteiger partial charge in [-0.3, -0.25) is 14.3 Å². The quantitative estimate of drug-likeness (QED) is 0.228. The third kappa shape index (κ3) is 6.43. The molecule has 1 aliphatic heterocycles. The van der Waals surface area contributed by atoms with E-state index in [0.717, 1.165) is 19.2 Å². The Labute approximate surface area is 171 Å². The maximum atomic E-state index is 15.0. The van der Waals surface area contributed by atoms with Crippen LogP contribution in [0.3, 0.4) is 0 Å². The number of aromatic amines is 1. The molecule has 1 aromatic heterocycles. The zero-order chi connectivity index (χ0) is 23.1. The molecule has 30 heavy (non-hydrogen) atoms. The van der Waals surface area contributed by atoms with E-state index in [-0.39, 0.29) is 0 Å². The van der Waals surface area contributed by atoms with Crippen molar-refractivity contribution >= 4 is 34.2 Å². The summed E-state index contributed by atoms with van der Waals surface area (Å²) in [5, 5.41) is 10.1. The van der Waals surface area contributed by atoms with Crippen molar-refractivity contribution in [2.24, 2.45) is 0 Å². The summed E-state index contributed by atoms with van der Waals surface area (Å²) in [4.78, 5) is 60.8. The van der Waals surface area contributed by atoms with Gasteiger partial charge in [0.1, 0.15) is 12.2 Å². The molecule has 20 heteroatoms. The first-order chi connectivity index (χ1) is 13.4. The SMILES string of the molecule is C[C@@]1(F)[C@H](O)[C@@H](COP(O)(=S)OP(=O)(O)OP(=O)(O)O)O[C@H]1n1ccc(=O)[nH]c1=O. The fourth-order valence-corrected chi connectivity index (χ4v) is 6.40. The molecule has 0 aromatic carbocycles. The standard InChI is InChI=1S/C10H16FN2O13P3S/c1-10(11)7(15)5(24-8(10)13-3-2-6(14)12-9(13)16)4-23-29(22,30)26-28(20,21)25-27(17,18)19/h2-3,5,7-8,15H,4H2,1H3,(H,20,21)(H,22,30)(H,12,14,16)(H2,17,18,19)/t5-,7-,8-,10-,29?/m1/s1. The molecule has 1 aliphatic rings. The minimum absolute atomic E-state index is 0.645. The fraction of sp³-hybridized carbons (Fsp3) is 0.600. The predicted molar refractivity (Wildman–Crippen MR) is 97.2 cm³/mol. The highest BCUT2D eigenvalue weighted by Crippen LogP contribution is 2.66. The third-order valence-electron chi connectivity index (χ3n) is 3.64. The van der Waals surface area contributed by atoms with E-state index in [1.807, 2.05) is 4.98 Å². The number of H-pyrrole nitrogens is 1. The number of nitrogens with one attached hydrogen (secondary N) is 1. The number of alkyl halides is 1. The van der Waals surface area contributed by atoms with Crippen molar-refractivity contribution in [1.82, 2.24) is 9.55 Å². The van der Waals surface area contributed by atoms with Crippen molar-refractivity contribution in [2.75, 3.05) is 6.61 Å². The van der Waals surface area contributed by atoms with E-state index < -0.39 is 64.3 Å². The van der Waals surface area contributed by atoms with Crippen LogP contribution in [0.2, 0.25) is 0 Å². The van der Waals surface area contributed by atoms with Crippen molar-refractivity contribution in [2.45, 2.75) is 31.0 Å². The number of phosphoric acid groups is 2. The molecule has 0 aliphatic carbocycles. The number of aliphatic hydroxyl groups is 1. The van der Waals surface area contributed by atoms with Gasteiger partial charge in [-0.05, 0) is 18.7 Å². The lowest BCUT2D eigenvalue weighted by atomic mass is 9.98. The molecule has 172 valence electrons. The van der Waals surface area contributed by atoms with E-state index >= 15 is 0 Å². The van der Waals surface area contributed by atoms with Crippen molar-refractivity contribution in [3.63, 3.8) is 0 Å². The number of nitrogens with zero attached hydrogens (tertiary/aromatic N) is 1. The van der Waals surface area contributed by atoms with E-state index in [2.05, 4.69) is 25.0 Å². The molecule has 0 radical (unpaired) electrons. The summed E-state index contributed by atoms with van der Waals surface area (Å²) in [6.45, 7) is -4.76. The van der Waals surface area contributed by atoms with Crippen molar-refractivity contribution in [3.05, 3.63) is 33.1 Å². The monoisotopic (exact) mass is 516 g/mol. The Kier molecular flexibility index (Phi) is 7.44. The molecule has 15 nitrogen and oxygen atoms in total. The average Bonchev–Trinajstić information content (AvgIpc) is 2.73. The van der Waals surface area contributed by atoms with Crippen LogP contribution in [0.5, 0.6) is 0 Å². The highest BCUT2D eigenvalue weighted by atomic mass is 32.5. The van der Waals surface area contributed by atoms with Gasteiger partial charge < -0.3 is 33.9 Å². The van der Waals surface area contributed by atoms with E-state index in [1.165, 1.54) is 0 Å². The van der Waals surface area contributed by atoms with Crippen LogP contribution in [0.1, 0.15) is 13.2 Å². The third-order valence-corrected chi connectivity index (χ3v) is 8.36. The first-order valence-corrected chi connectivity index (χ1v) is 13.2. The van der Waals surface area contributed by atoms with Crippen molar-refractivity contribution in [1.29, 1.82) is 0 Å². The second kappa shape index (κ2) is 8.71. The van der Waals surface area contributed by atoms with Crippen LogP contribution in [0, 0.1) is 0 Å². The van der Waals surface area contributed by atoms with Crippen LogP contribution < -0.4 is 11.2 Å². The fourth-order valence-electron chi connectivity index (χ4n) is 2.43. The summed E-state index contributed by atoms with van der Waals surface area (Å²) in [5.74, 6) is 0.